The van der Waals surface area contributed by atoms with Crippen molar-refractivity contribution in [2.24, 2.45) is 5.92 Å². The van der Waals surface area contributed by atoms with E-state index in [1.54, 1.807) is 23.0 Å². The first-order chi connectivity index (χ1) is 14.1. The molecule has 1 aliphatic heterocycles. The molecule has 1 saturated heterocycles. The highest BCUT2D eigenvalue weighted by Crippen LogP contribution is 2.29. The van der Waals surface area contributed by atoms with E-state index in [0.29, 0.717) is 37.0 Å². The van der Waals surface area contributed by atoms with E-state index in [4.69, 9.17) is 9.47 Å². The van der Waals surface area contributed by atoms with Gasteiger partial charge in [-0.3, -0.25) is 9.59 Å². The maximum Gasteiger partial charge on any atom is 0.264 e. The predicted octanol–water partition coefficient (Wildman–Crippen LogP) is 3.04. The summed E-state index contributed by atoms with van der Waals surface area (Å²) in [5.74, 6) is 1.23. The second kappa shape index (κ2) is 8.97. The Morgan fingerprint density at radius 3 is 2.79 bits per heavy atom. The molecule has 2 aromatic rings. The number of benzene rings is 1. The second-order valence-corrected chi connectivity index (χ2v) is 8.64. The normalized spacial score (nSPS) is 19.9. The van der Waals surface area contributed by atoms with Crippen molar-refractivity contribution in [3.8, 4) is 5.75 Å². The fourth-order valence-corrected chi connectivity index (χ4v) is 4.19. The van der Waals surface area contributed by atoms with Crippen molar-refractivity contribution in [3.05, 3.63) is 52.2 Å². The minimum absolute atomic E-state index is 0.0600. The molecule has 0 spiro atoms. The van der Waals surface area contributed by atoms with Crippen molar-refractivity contribution in [1.29, 1.82) is 0 Å². The lowest BCUT2D eigenvalue weighted by atomic mass is 10.2. The van der Waals surface area contributed by atoms with Gasteiger partial charge in [-0.05, 0) is 47.9 Å². The summed E-state index contributed by atoms with van der Waals surface area (Å²) in [6.45, 7) is 2.16. The molecule has 1 atom stereocenters. The average Bonchev–Trinajstić information content (AvgIpc) is 3.43. The maximum atomic E-state index is 13.0. The van der Waals surface area contributed by atoms with Crippen molar-refractivity contribution < 1.29 is 19.1 Å². The van der Waals surface area contributed by atoms with Gasteiger partial charge in [-0.2, -0.15) is 0 Å². The van der Waals surface area contributed by atoms with Crippen molar-refractivity contribution in [3.63, 3.8) is 0 Å². The number of hydrogen-bond donors (Lipinski definition) is 0. The van der Waals surface area contributed by atoms with Crippen molar-refractivity contribution in [2.75, 3.05) is 33.4 Å². The molecule has 2 amide bonds. The van der Waals surface area contributed by atoms with Crippen LogP contribution in [0.2, 0.25) is 0 Å². The monoisotopic (exact) mass is 414 g/mol. The zero-order valence-corrected chi connectivity index (χ0v) is 17.4. The Bertz CT molecular complexity index is 850. The molecule has 4 rings (SSSR count). The molecule has 0 N–H and O–H groups in total. The largest absolute Gasteiger partial charge is 0.497 e. The number of ether oxygens (including phenoxy) is 2. The lowest BCUT2D eigenvalue weighted by Crippen LogP contribution is -2.39. The Hall–Kier alpha value is -2.38. The summed E-state index contributed by atoms with van der Waals surface area (Å²) >= 11 is 1.40. The van der Waals surface area contributed by atoms with Crippen LogP contribution in [0, 0.1) is 5.92 Å². The minimum Gasteiger partial charge on any atom is -0.497 e. The third-order valence-electron chi connectivity index (χ3n) is 5.32. The van der Waals surface area contributed by atoms with Crippen LogP contribution in [0.3, 0.4) is 0 Å². The highest BCUT2D eigenvalue weighted by molar-refractivity contribution is 7.12. The summed E-state index contributed by atoms with van der Waals surface area (Å²) in [7, 11) is 1.63. The molecule has 1 aliphatic carbocycles. The number of nitrogens with zero attached hydrogens (tertiary/aromatic N) is 2. The Morgan fingerprint density at radius 2 is 2.07 bits per heavy atom. The highest BCUT2D eigenvalue weighted by atomic mass is 32.1. The molecule has 6 nitrogen and oxygen atoms in total. The molecular weight excluding hydrogens is 388 g/mol. The number of carbonyl (C=O) groups is 2. The van der Waals surface area contributed by atoms with Gasteiger partial charge in [0, 0.05) is 26.2 Å². The summed E-state index contributed by atoms with van der Waals surface area (Å²) < 4.78 is 11.4. The van der Waals surface area contributed by atoms with Crippen LogP contribution in [0.5, 0.6) is 5.75 Å². The van der Waals surface area contributed by atoms with Crippen LogP contribution >= 0.6 is 11.3 Å². The van der Waals surface area contributed by atoms with E-state index < -0.39 is 0 Å². The number of rotatable bonds is 7. The van der Waals surface area contributed by atoms with Crippen LogP contribution in [0.4, 0.5) is 0 Å². The van der Waals surface area contributed by atoms with Gasteiger partial charge in [-0.1, -0.05) is 18.2 Å². The van der Waals surface area contributed by atoms with Gasteiger partial charge in [0.2, 0.25) is 5.91 Å². The Kier molecular flexibility index (Phi) is 6.16. The van der Waals surface area contributed by atoms with E-state index in [9.17, 15) is 9.59 Å². The van der Waals surface area contributed by atoms with E-state index in [2.05, 4.69) is 0 Å². The molecule has 1 saturated carbocycles. The smallest absolute Gasteiger partial charge is 0.264 e. The summed E-state index contributed by atoms with van der Waals surface area (Å²) in [5, 5.41) is 1.88. The Labute approximate surface area is 175 Å². The van der Waals surface area contributed by atoms with Crippen LogP contribution in [-0.4, -0.2) is 61.1 Å². The molecule has 0 radical (unpaired) electrons. The highest BCUT2D eigenvalue weighted by Gasteiger charge is 2.33. The average molecular weight is 415 g/mol. The SMILES string of the molecule is COc1cccc(CN2C[C@@H](OCC3CC3)CN(C(=O)c3cccs3)CC2=O)c1. The van der Waals surface area contributed by atoms with Gasteiger partial charge in [0.05, 0.1) is 18.1 Å². The molecule has 1 aromatic carbocycles. The Balaban J connectivity index is 1.50. The van der Waals surface area contributed by atoms with Gasteiger partial charge in [0.25, 0.3) is 5.91 Å². The minimum atomic E-state index is -0.184. The van der Waals surface area contributed by atoms with Crippen LogP contribution in [-0.2, 0) is 16.1 Å². The van der Waals surface area contributed by atoms with Gasteiger partial charge >= 0.3 is 0 Å². The number of methoxy groups -OCH3 is 1. The second-order valence-electron chi connectivity index (χ2n) is 7.69. The molecular formula is C22H26N2O4S. The molecule has 2 heterocycles. The van der Waals surface area contributed by atoms with Crippen LogP contribution in [0.15, 0.2) is 41.8 Å². The standard InChI is InChI=1S/C22H26N2O4S/c1-27-18-5-2-4-17(10-18)11-23-12-19(28-15-16-7-8-16)13-24(14-21(23)25)22(26)20-6-3-9-29-20/h2-6,9-10,16,19H,7-8,11-15H2,1H3/t19-/m1/s1. The van der Waals surface area contributed by atoms with Gasteiger partial charge in [-0.25, -0.2) is 0 Å². The van der Waals surface area contributed by atoms with Crippen LogP contribution < -0.4 is 4.74 Å². The molecule has 2 aliphatic rings. The molecule has 154 valence electrons. The zero-order valence-electron chi connectivity index (χ0n) is 16.6. The quantitative estimate of drug-likeness (QED) is 0.699. The van der Waals surface area contributed by atoms with Gasteiger partial charge in [0.15, 0.2) is 0 Å². The first kappa shape index (κ1) is 19.9. The van der Waals surface area contributed by atoms with E-state index >= 15 is 0 Å². The Morgan fingerprint density at radius 1 is 1.21 bits per heavy atom. The third kappa shape index (κ3) is 5.16. The summed E-state index contributed by atoms with van der Waals surface area (Å²) in [6.07, 6.45) is 2.23. The summed E-state index contributed by atoms with van der Waals surface area (Å²) in [4.78, 5) is 30.0. The lowest BCUT2D eigenvalue weighted by molar-refractivity contribution is -0.132. The molecule has 7 heteroatoms. The predicted molar refractivity (Wildman–Crippen MR) is 111 cm³/mol. The molecule has 0 bridgehead atoms. The lowest BCUT2D eigenvalue weighted by Gasteiger charge is -2.25. The van der Waals surface area contributed by atoms with Gasteiger partial charge in [0.1, 0.15) is 12.3 Å². The van der Waals surface area contributed by atoms with E-state index in [-0.39, 0.29) is 24.5 Å². The number of amides is 2. The van der Waals surface area contributed by atoms with Gasteiger partial charge in [-0.15, -0.1) is 11.3 Å². The molecule has 2 fully saturated rings. The fourth-order valence-electron chi connectivity index (χ4n) is 3.50. The summed E-state index contributed by atoms with van der Waals surface area (Å²) in [5.41, 5.74) is 0.997. The fraction of sp³-hybridized carbons (Fsp3) is 0.455. The third-order valence-corrected chi connectivity index (χ3v) is 6.18. The van der Waals surface area contributed by atoms with Crippen LogP contribution in [0.25, 0.3) is 0 Å². The van der Waals surface area contributed by atoms with Crippen molar-refractivity contribution in [2.45, 2.75) is 25.5 Å². The summed E-state index contributed by atoms with van der Waals surface area (Å²) in [6, 6.07) is 11.4. The van der Waals surface area contributed by atoms with E-state index in [1.807, 2.05) is 35.7 Å². The van der Waals surface area contributed by atoms with Crippen molar-refractivity contribution >= 4 is 23.2 Å². The number of carbonyl (C=O) groups excluding carboxylic acids is 2. The molecule has 0 unspecified atom stereocenters. The van der Waals surface area contributed by atoms with Gasteiger partial charge < -0.3 is 19.3 Å². The first-order valence-electron chi connectivity index (χ1n) is 9.97. The number of hydrogen-bond acceptors (Lipinski definition) is 5. The van der Waals surface area contributed by atoms with Crippen molar-refractivity contribution in [1.82, 2.24) is 9.80 Å². The first-order valence-corrected chi connectivity index (χ1v) is 10.9. The van der Waals surface area contributed by atoms with E-state index in [0.717, 1.165) is 11.3 Å². The van der Waals surface area contributed by atoms with E-state index in [1.165, 1.54) is 24.2 Å². The van der Waals surface area contributed by atoms with Crippen LogP contribution in [0.1, 0.15) is 28.1 Å². The maximum absolute atomic E-state index is 13.0. The molecule has 29 heavy (non-hydrogen) atoms. The topological polar surface area (TPSA) is 59.1 Å². The number of thiophene rings is 1. The zero-order chi connectivity index (χ0) is 20.2. The molecule has 1 aromatic heterocycles.